The van der Waals surface area contributed by atoms with Gasteiger partial charge < -0.3 is 15.0 Å². The second-order valence-electron chi connectivity index (χ2n) is 5.47. The van der Waals surface area contributed by atoms with E-state index in [0.29, 0.717) is 11.7 Å². The second-order valence-corrected chi connectivity index (χ2v) is 5.47. The van der Waals surface area contributed by atoms with Gasteiger partial charge in [-0.3, -0.25) is 0 Å². The van der Waals surface area contributed by atoms with Crippen LogP contribution in [0.25, 0.3) is 11.4 Å². The number of benzene rings is 1. The maximum absolute atomic E-state index is 6.33. The Labute approximate surface area is 118 Å². The molecule has 2 N–H and O–H groups in total. The van der Waals surface area contributed by atoms with Crippen LogP contribution in [0.4, 0.5) is 0 Å². The summed E-state index contributed by atoms with van der Waals surface area (Å²) in [6, 6.07) is 5.83. The fraction of sp³-hybridized carbons (Fsp3) is 0.467. The van der Waals surface area contributed by atoms with Crippen molar-refractivity contribution in [2.75, 3.05) is 7.11 Å². The fourth-order valence-electron chi connectivity index (χ4n) is 2.78. The van der Waals surface area contributed by atoms with E-state index in [2.05, 4.69) is 10.1 Å². The Hall–Kier alpha value is -1.88. The van der Waals surface area contributed by atoms with E-state index < -0.39 is 5.54 Å². The van der Waals surface area contributed by atoms with Gasteiger partial charge in [0, 0.05) is 5.56 Å². The molecule has 1 aliphatic rings. The Balaban J connectivity index is 1.92. The molecule has 0 atom stereocenters. The lowest BCUT2D eigenvalue weighted by Gasteiger charge is -2.17. The van der Waals surface area contributed by atoms with Gasteiger partial charge in [0.1, 0.15) is 5.75 Å². The summed E-state index contributed by atoms with van der Waals surface area (Å²) in [5.41, 5.74) is 7.85. The molecule has 106 valence electrons. The van der Waals surface area contributed by atoms with Crippen molar-refractivity contribution in [2.45, 2.75) is 38.1 Å². The minimum absolute atomic E-state index is 0.438. The lowest BCUT2D eigenvalue weighted by molar-refractivity contribution is 0.285. The van der Waals surface area contributed by atoms with Crippen molar-refractivity contribution in [3.63, 3.8) is 0 Å². The molecular weight excluding hydrogens is 254 g/mol. The lowest BCUT2D eigenvalue weighted by atomic mass is 9.99. The van der Waals surface area contributed by atoms with E-state index in [4.69, 9.17) is 15.0 Å². The van der Waals surface area contributed by atoms with Crippen LogP contribution in [-0.4, -0.2) is 17.3 Å². The zero-order valence-electron chi connectivity index (χ0n) is 11.8. The number of methoxy groups -OCH3 is 1. The van der Waals surface area contributed by atoms with E-state index in [1.807, 2.05) is 25.1 Å². The Morgan fingerprint density at radius 3 is 2.70 bits per heavy atom. The number of ether oxygens (including phenoxy) is 1. The number of hydrogen-bond donors (Lipinski definition) is 1. The van der Waals surface area contributed by atoms with Gasteiger partial charge in [0.15, 0.2) is 0 Å². The lowest BCUT2D eigenvalue weighted by Crippen LogP contribution is -2.33. The van der Waals surface area contributed by atoms with Gasteiger partial charge in [-0.1, -0.05) is 18.0 Å². The molecule has 20 heavy (non-hydrogen) atoms. The maximum atomic E-state index is 6.33. The van der Waals surface area contributed by atoms with E-state index >= 15 is 0 Å². The molecule has 0 amide bonds. The van der Waals surface area contributed by atoms with E-state index in [0.717, 1.165) is 42.6 Å². The van der Waals surface area contributed by atoms with Gasteiger partial charge >= 0.3 is 0 Å². The number of aromatic nitrogens is 2. The number of nitrogens with two attached hydrogens (primary N) is 1. The molecule has 2 aromatic rings. The highest BCUT2D eigenvalue weighted by atomic mass is 16.5. The third kappa shape index (κ3) is 2.18. The summed E-state index contributed by atoms with van der Waals surface area (Å²) in [4.78, 5) is 4.49. The minimum atomic E-state index is -0.438. The van der Waals surface area contributed by atoms with Gasteiger partial charge in [-0.15, -0.1) is 0 Å². The summed E-state index contributed by atoms with van der Waals surface area (Å²) in [6.45, 7) is 1.99. The molecule has 5 heteroatoms. The highest BCUT2D eigenvalue weighted by molar-refractivity contribution is 5.58. The van der Waals surface area contributed by atoms with Crippen molar-refractivity contribution in [2.24, 2.45) is 5.73 Å². The summed E-state index contributed by atoms with van der Waals surface area (Å²) in [6.07, 6.45) is 4.07. The van der Waals surface area contributed by atoms with Gasteiger partial charge in [-0.25, -0.2) is 0 Å². The molecule has 1 heterocycles. The van der Waals surface area contributed by atoms with Crippen LogP contribution in [-0.2, 0) is 5.54 Å². The Bertz CT molecular complexity index is 615. The average Bonchev–Trinajstić information content (AvgIpc) is 3.08. The van der Waals surface area contributed by atoms with Crippen LogP contribution in [0.2, 0.25) is 0 Å². The number of hydrogen-bond acceptors (Lipinski definition) is 5. The highest BCUT2D eigenvalue weighted by Gasteiger charge is 2.36. The molecule has 0 aliphatic heterocycles. The molecule has 1 aromatic heterocycles. The van der Waals surface area contributed by atoms with Gasteiger partial charge in [-0.2, -0.15) is 4.98 Å². The van der Waals surface area contributed by atoms with E-state index in [9.17, 15) is 0 Å². The van der Waals surface area contributed by atoms with Crippen LogP contribution in [0.1, 0.15) is 37.1 Å². The molecule has 0 saturated heterocycles. The SMILES string of the molecule is COc1ccc(-c2noc(C3(N)CCCC3)n2)cc1C. The molecule has 1 aromatic carbocycles. The summed E-state index contributed by atoms with van der Waals surface area (Å²) >= 11 is 0. The molecule has 0 radical (unpaired) electrons. The fourth-order valence-corrected chi connectivity index (χ4v) is 2.78. The predicted octanol–water partition coefficient (Wildman–Crippen LogP) is 2.78. The van der Waals surface area contributed by atoms with Crippen LogP contribution < -0.4 is 10.5 Å². The van der Waals surface area contributed by atoms with Crippen LogP contribution in [0.15, 0.2) is 22.7 Å². The van der Waals surface area contributed by atoms with Gasteiger partial charge in [0.2, 0.25) is 11.7 Å². The van der Waals surface area contributed by atoms with Crippen molar-refractivity contribution < 1.29 is 9.26 Å². The van der Waals surface area contributed by atoms with Crippen LogP contribution in [0.5, 0.6) is 5.75 Å². The normalized spacial score (nSPS) is 17.4. The van der Waals surface area contributed by atoms with E-state index in [-0.39, 0.29) is 0 Å². The summed E-state index contributed by atoms with van der Waals surface area (Å²) in [5.74, 6) is 1.99. The summed E-state index contributed by atoms with van der Waals surface area (Å²) < 4.78 is 10.6. The first-order chi connectivity index (χ1) is 9.62. The first-order valence-electron chi connectivity index (χ1n) is 6.90. The molecular formula is C15H19N3O2. The molecule has 5 nitrogen and oxygen atoms in total. The second kappa shape index (κ2) is 4.90. The largest absolute Gasteiger partial charge is 0.496 e. The van der Waals surface area contributed by atoms with Crippen molar-refractivity contribution >= 4 is 0 Å². The minimum Gasteiger partial charge on any atom is -0.496 e. The van der Waals surface area contributed by atoms with Gasteiger partial charge in [0.25, 0.3) is 0 Å². The quantitative estimate of drug-likeness (QED) is 0.930. The van der Waals surface area contributed by atoms with E-state index in [1.54, 1.807) is 7.11 Å². The Morgan fingerprint density at radius 2 is 2.05 bits per heavy atom. The standard InChI is InChI=1S/C15H19N3O2/c1-10-9-11(5-6-12(10)19-2)13-17-14(20-18-13)15(16)7-3-4-8-15/h5-6,9H,3-4,7-8,16H2,1-2H3. The monoisotopic (exact) mass is 273 g/mol. The third-order valence-corrected chi connectivity index (χ3v) is 4.00. The summed E-state index contributed by atoms with van der Waals surface area (Å²) in [7, 11) is 1.66. The van der Waals surface area contributed by atoms with Crippen LogP contribution >= 0.6 is 0 Å². The first kappa shape index (κ1) is 13.1. The smallest absolute Gasteiger partial charge is 0.247 e. The average molecular weight is 273 g/mol. The molecule has 0 unspecified atom stereocenters. The van der Waals surface area contributed by atoms with Crippen molar-refractivity contribution in [3.05, 3.63) is 29.7 Å². The zero-order valence-corrected chi connectivity index (χ0v) is 11.8. The molecule has 1 saturated carbocycles. The number of aryl methyl sites for hydroxylation is 1. The number of nitrogens with zero attached hydrogens (tertiary/aromatic N) is 2. The Kier molecular flexibility index (Phi) is 3.22. The topological polar surface area (TPSA) is 74.2 Å². The first-order valence-corrected chi connectivity index (χ1v) is 6.90. The van der Waals surface area contributed by atoms with Crippen molar-refractivity contribution in [3.8, 4) is 17.1 Å². The zero-order chi connectivity index (χ0) is 14.2. The molecule has 0 bridgehead atoms. The molecule has 3 rings (SSSR count). The van der Waals surface area contributed by atoms with Gasteiger partial charge in [-0.05, 0) is 43.5 Å². The highest BCUT2D eigenvalue weighted by Crippen LogP contribution is 2.36. The van der Waals surface area contributed by atoms with Crippen molar-refractivity contribution in [1.82, 2.24) is 10.1 Å². The Morgan fingerprint density at radius 1 is 1.30 bits per heavy atom. The molecule has 1 aliphatic carbocycles. The van der Waals surface area contributed by atoms with Crippen molar-refractivity contribution in [1.29, 1.82) is 0 Å². The molecule has 0 spiro atoms. The third-order valence-electron chi connectivity index (χ3n) is 4.00. The molecule has 1 fully saturated rings. The van der Waals surface area contributed by atoms with Gasteiger partial charge in [0.05, 0.1) is 12.6 Å². The van der Waals surface area contributed by atoms with E-state index in [1.165, 1.54) is 0 Å². The maximum Gasteiger partial charge on any atom is 0.247 e. The van der Waals surface area contributed by atoms with Crippen LogP contribution in [0, 0.1) is 6.92 Å². The predicted molar refractivity (Wildman–Crippen MR) is 75.4 cm³/mol. The van der Waals surface area contributed by atoms with Crippen LogP contribution in [0.3, 0.4) is 0 Å². The number of rotatable bonds is 3. The summed E-state index contributed by atoms with van der Waals surface area (Å²) in [5, 5.41) is 4.07.